The van der Waals surface area contributed by atoms with E-state index in [1.54, 1.807) is 13.8 Å². The van der Waals surface area contributed by atoms with Gasteiger partial charge < -0.3 is 28.1 Å². The lowest BCUT2D eigenvalue weighted by Crippen LogP contribution is -2.50. The second-order valence-electron chi connectivity index (χ2n) is 14.1. The summed E-state index contributed by atoms with van der Waals surface area (Å²) >= 11 is 0. The Hall–Kier alpha value is 0.494. The van der Waals surface area contributed by atoms with Crippen LogP contribution in [0.1, 0.15) is 55.4 Å². The summed E-state index contributed by atoms with van der Waals surface area (Å²) in [4.78, 5) is 21.6. The SMILES string of the molecule is CC1OC2COP(=O)(O)OC3C(COP(=O)(O)OC1C2O[Si](C)(C)C(C)(C)C)OC(C)C3O[Si](C)(C)C(C)(C)C. The van der Waals surface area contributed by atoms with Crippen molar-refractivity contribution in [3.05, 3.63) is 0 Å². The zero-order valence-corrected chi connectivity index (χ0v) is 29.7. The number of ether oxygens (including phenoxy) is 2. The number of fused-ring (bicyclic) bond motifs is 3. The van der Waals surface area contributed by atoms with Crippen molar-refractivity contribution in [1.29, 1.82) is 0 Å². The molecule has 10 unspecified atom stereocenters. The Morgan fingerprint density at radius 2 is 1.07 bits per heavy atom. The first-order valence-corrected chi connectivity index (χ1v) is 22.6. The number of phosphoric ester groups is 2. The van der Waals surface area contributed by atoms with Crippen LogP contribution in [0.25, 0.3) is 0 Å². The third kappa shape index (κ3) is 7.95. The number of hydrogen-bond acceptors (Lipinski definition) is 10. The van der Waals surface area contributed by atoms with E-state index < -0.39 is 87.7 Å². The molecule has 236 valence electrons. The van der Waals surface area contributed by atoms with Crippen LogP contribution in [0.3, 0.4) is 0 Å². The lowest BCUT2D eigenvalue weighted by atomic mass is 10.1. The minimum atomic E-state index is -4.68. The van der Waals surface area contributed by atoms with Gasteiger partial charge in [0.15, 0.2) is 16.6 Å². The summed E-state index contributed by atoms with van der Waals surface area (Å²) in [6, 6.07) is 0. The third-order valence-corrected chi connectivity index (χ3v) is 19.8. The van der Waals surface area contributed by atoms with Crippen LogP contribution in [0.4, 0.5) is 0 Å². The van der Waals surface area contributed by atoms with Crippen LogP contribution in [0.15, 0.2) is 0 Å². The van der Waals surface area contributed by atoms with E-state index in [1.165, 1.54) is 0 Å². The summed E-state index contributed by atoms with van der Waals surface area (Å²) in [7, 11) is -14.2. The second kappa shape index (κ2) is 11.8. The van der Waals surface area contributed by atoms with Gasteiger partial charge >= 0.3 is 15.6 Å². The van der Waals surface area contributed by atoms with E-state index in [1.807, 2.05) is 26.2 Å². The molecule has 0 aliphatic carbocycles. The quantitative estimate of drug-likeness (QED) is 0.299. The van der Waals surface area contributed by atoms with Crippen molar-refractivity contribution in [2.45, 2.75) is 140 Å². The highest BCUT2D eigenvalue weighted by Gasteiger charge is 2.55. The smallest absolute Gasteiger partial charge is 0.409 e. The van der Waals surface area contributed by atoms with Gasteiger partial charge in [0.1, 0.15) is 36.6 Å². The van der Waals surface area contributed by atoms with Crippen molar-refractivity contribution in [1.82, 2.24) is 0 Å². The molecule has 16 heteroatoms. The average molecular weight is 649 g/mol. The van der Waals surface area contributed by atoms with E-state index in [0.29, 0.717) is 0 Å². The molecule has 10 atom stereocenters. The van der Waals surface area contributed by atoms with Gasteiger partial charge in [0.25, 0.3) is 0 Å². The molecule has 0 radical (unpaired) electrons. The van der Waals surface area contributed by atoms with Gasteiger partial charge in [0.2, 0.25) is 0 Å². The van der Waals surface area contributed by atoms with Gasteiger partial charge in [-0.2, -0.15) is 0 Å². The number of phosphoric acid groups is 2. The fourth-order valence-corrected chi connectivity index (χ4v) is 9.04. The van der Waals surface area contributed by atoms with Gasteiger partial charge in [0, 0.05) is 0 Å². The molecule has 3 saturated heterocycles. The first-order valence-electron chi connectivity index (χ1n) is 13.8. The molecular formula is C24H50O12P2Si2. The molecule has 3 aliphatic heterocycles. The van der Waals surface area contributed by atoms with Crippen LogP contribution >= 0.6 is 15.6 Å². The fourth-order valence-electron chi connectivity index (χ4n) is 4.40. The molecule has 0 spiro atoms. The van der Waals surface area contributed by atoms with E-state index in [9.17, 15) is 18.9 Å². The van der Waals surface area contributed by atoms with Gasteiger partial charge in [-0.3, -0.25) is 18.1 Å². The van der Waals surface area contributed by atoms with Crippen molar-refractivity contribution < 1.29 is 55.3 Å². The van der Waals surface area contributed by atoms with Crippen molar-refractivity contribution in [3.63, 3.8) is 0 Å². The minimum Gasteiger partial charge on any atom is -0.409 e. The second-order valence-corrected chi connectivity index (χ2v) is 26.4. The van der Waals surface area contributed by atoms with Crippen molar-refractivity contribution in [2.75, 3.05) is 13.2 Å². The monoisotopic (exact) mass is 648 g/mol. The Morgan fingerprint density at radius 3 is 1.55 bits per heavy atom. The van der Waals surface area contributed by atoms with Crippen LogP contribution < -0.4 is 0 Å². The largest absolute Gasteiger partial charge is 0.472 e. The van der Waals surface area contributed by atoms with E-state index in [0.717, 1.165) is 0 Å². The first kappa shape index (κ1) is 35.0. The van der Waals surface area contributed by atoms with E-state index >= 15 is 0 Å². The topological polar surface area (TPSA) is 148 Å². The summed E-state index contributed by atoms with van der Waals surface area (Å²) in [6.45, 7) is 23.2. The molecule has 0 aromatic rings. The van der Waals surface area contributed by atoms with Crippen LogP contribution in [0.5, 0.6) is 0 Å². The van der Waals surface area contributed by atoms with Gasteiger partial charge in [-0.25, -0.2) is 9.13 Å². The fraction of sp³-hybridized carbons (Fsp3) is 1.00. The standard InChI is InChI=1S/C24H50O12P2Si2/c1-15-19-22(36-40(11,12)24(6,7)8)18(31-15)14-30-38(27,28)34-21-17(13-29-37(25,26)33-19)32-16(2)20(21)35-39(9,10)23(3,4)5/h15-22H,13-14H2,1-12H3,(H,25,26)(H,27,28). The first-order chi connectivity index (χ1) is 17.9. The van der Waals surface area contributed by atoms with Crippen LogP contribution in [-0.2, 0) is 45.6 Å². The predicted octanol–water partition coefficient (Wildman–Crippen LogP) is 5.36. The van der Waals surface area contributed by atoms with E-state index in [2.05, 4.69) is 41.5 Å². The predicted molar refractivity (Wildman–Crippen MR) is 154 cm³/mol. The van der Waals surface area contributed by atoms with Crippen molar-refractivity contribution in [2.24, 2.45) is 0 Å². The minimum absolute atomic E-state index is 0.162. The highest BCUT2D eigenvalue weighted by molar-refractivity contribution is 7.47. The Kier molecular flexibility index (Phi) is 10.3. The van der Waals surface area contributed by atoms with E-state index in [-0.39, 0.29) is 16.7 Å². The molecule has 0 aromatic heterocycles. The molecule has 40 heavy (non-hydrogen) atoms. The molecule has 3 aliphatic rings. The molecule has 3 heterocycles. The van der Waals surface area contributed by atoms with Crippen molar-refractivity contribution in [3.8, 4) is 0 Å². The molecular weight excluding hydrogens is 598 g/mol. The molecule has 3 rings (SSSR count). The van der Waals surface area contributed by atoms with E-state index in [4.69, 9.17) is 36.4 Å². The number of hydrogen-bond donors (Lipinski definition) is 2. The van der Waals surface area contributed by atoms with Gasteiger partial charge in [-0.1, -0.05) is 41.5 Å². The van der Waals surface area contributed by atoms with Crippen LogP contribution in [0, 0.1) is 0 Å². The molecule has 12 nitrogen and oxygen atoms in total. The maximum Gasteiger partial charge on any atom is 0.472 e. The molecule has 2 N–H and O–H groups in total. The van der Waals surface area contributed by atoms with Crippen LogP contribution in [-0.4, -0.2) is 88.5 Å². The number of rotatable bonds is 4. The molecule has 0 saturated carbocycles. The Labute approximate surface area is 241 Å². The highest BCUT2D eigenvalue weighted by atomic mass is 31.2. The van der Waals surface area contributed by atoms with Gasteiger partial charge in [0.05, 0.1) is 25.4 Å². The highest BCUT2D eigenvalue weighted by Crippen LogP contribution is 2.53. The lowest BCUT2D eigenvalue weighted by molar-refractivity contribution is -0.0392. The maximum absolute atomic E-state index is 13.3. The summed E-state index contributed by atoms with van der Waals surface area (Å²) in [5.74, 6) is 0. The summed E-state index contributed by atoms with van der Waals surface area (Å²) in [5.41, 5.74) is 0. The summed E-state index contributed by atoms with van der Waals surface area (Å²) in [5, 5.41) is -0.359. The molecule has 3 fully saturated rings. The van der Waals surface area contributed by atoms with Crippen molar-refractivity contribution >= 4 is 32.3 Å². The summed E-state index contributed by atoms with van der Waals surface area (Å²) < 4.78 is 73.8. The summed E-state index contributed by atoms with van der Waals surface area (Å²) in [6.07, 6.45) is -6.81. The Bertz CT molecular complexity index is 997. The molecule has 0 amide bonds. The zero-order valence-electron chi connectivity index (χ0n) is 25.9. The molecule has 0 aromatic carbocycles. The normalized spacial score (nSPS) is 42.5. The van der Waals surface area contributed by atoms with Gasteiger partial charge in [-0.15, -0.1) is 0 Å². The lowest BCUT2D eigenvalue weighted by Gasteiger charge is -2.40. The van der Waals surface area contributed by atoms with Crippen LogP contribution in [0.2, 0.25) is 36.3 Å². The molecule has 2 bridgehead atoms. The Morgan fingerprint density at radius 1 is 0.675 bits per heavy atom. The Balaban J connectivity index is 1.94. The van der Waals surface area contributed by atoms with Gasteiger partial charge in [-0.05, 0) is 50.1 Å². The maximum atomic E-state index is 13.3. The third-order valence-electron chi connectivity index (χ3n) is 8.87. The average Bonchev–Trinajstić information content (AvgIpc) is 3.19. The zero-order chi connectivity index (χ0) is 30.7.